The van der Waals surface area contributed by atoms with Crippen molar-refractivity contribution in [1.82, 2.24) is 9.97 Å². The fourth-order valence-electron chi connectivity index (χ4n) is 1.08. The summed E-state index contributed by atoms with van der Waals surface area (Å²) in [6, 6.07) is 0. The molecule has 0 saturated heterocycles. The van der Waals surface area contributed by atoms with Crippen molar-refractivity contribution in [3.63, 3.8) is 0 Å². The molecule has 0 bridgehead atoms. The molecule has 1 aromatic heterocycles. The second-order valence-corrected chi connectivity index (χ2v) is 4.44. The molecule has 2 nitrogen and oxygen atoms in total. The van der Waals surface area contributed by atoms with Crippen molar-refractivity contribution in [1.29, 1.82) is 0 Å². The monoisotopic (exact) mass is 228 g/mol. The number of rotatable bonds is 2. The molecule has 0 amide bonds. The Hall–Kier alpha value is -0.440. The molecule has 0 fully saturated rings. The molecule has 0 aliphatic carbocycles. The van der Waals surface area contributed by atoms with Gasteiger partial charge in [0.25, 0.3) is 0 Å². The van der Waals surface area contributed by atoms with Crippen molar-refractivity contribution in [2.75, 3.05) is 0 Å². The number of alkyl halides is 1. The van der Waals surface area contributed by atoms with Crippen LogP contribution >= 0.6 is 15.9 Å². The maximum absolute atomic E-state index is 4.31. The molecular weight excluding hydrogens is 216 g/mol. The van der Waals surface area contributed by atoms with Gasteiger partial charge in [0, 0.05) is 23.1 Å². The molecule has 0 radical (unpaired) electrons. The third kappa shape index (κ3) is 2.03. The van der Waals surface area contributed by atoms with Gasteiger partial charge in [0.1, 0.15) is 0 Å². The maximum Gasteiger partial charge on any atom is 0.0654 e. The lowest BCUT2D eigenvalue weighted by Crippen LogP contribution is -2.09. The number of hydrogen-bond donors (Lipinski definition) is 0. The number of hydrogen-bond acceptors (Lipinski definition) is 2. The number of halogens is 1. The Kier molecular flexibility index (Phi) is 3.20. The molecular formula is C9H13BrN2. The van der Waals surface area contributed by atoms with E-state index < -0.39 is 0 Å². The smallest absolute Gasteiger partial charge is 0.0654 e. The summed E-state index contributed by atoms with van der Waals surface area (Å²) in [6.45, 7) is 6.27. The molecule has 1 aromatic rings. The zero-order valence-corrected chi connectivity index (χ0v) is 9.17. The molecule has 0 N–H and O–H groups in total. The summed E-state index contributed by atoms with van der Waals surface area (Å²) in [5.74, 6) is 0.415. The van der Waals surface area contributed by atoms with Crippen molar-refractivity contribution in [2.24, 2.45) is 0 Å². The van der Waals surface area contributed by atoms with E-state index in [1.54, 1.807) is 12.4 Å². The van der Waals surface area contributed by atoms with E-state index in [-0.39, 0.29) is 0 Å². The quantitative estimate of drug-likeness (QED) is 0.728. The lowest BCUT2D eigenvalue weighted by atomic mass is 10.0. The third-order valence-corrected chi connectivity index (χ3v) is 2.83. The highest BCUT2D eigenvalue weighted by molar-refractivity contribution is 9.09. The number of aryl methyl sites for hydroxylation is 1. The number of nitrogens with zero attached hydrogens (tertiary/aromatic N) is 2. The van der Waals surface area contributed by atoms with E-state index in [0.717, 1.165) is 11.4 Å². The predicted octanol–water partition coefficient (Wildman–Crippen LogP) is 2.67. The van der Waals surface area contributed by atoms with Gasteiger partial charge in [0.2, 0.25) is 0 Å². The average Bonchev–Trinajstić information content (AvgIpc) is 2.04. The molecule has 2 unspecified atom stereocenters. The van der Waals surface area contributed by atoms with Gasteiger partial charge in [0.05, 0.1) is 11.4 Å². The molecule has 0 saturated carbocycles. The second-order valence-electron chi connectivity index (χ2n) is 2.99. The topological polar surface area (TPSA) is 25.8 Å². The summed E-state index contributed by atoms with van der Waals surface area (Å²) in [4.78, 5) is 8.94. The van der Waals surface area contributed by atoms with Crippen LogP contribution < -0.4 is 0 Å². The van der Waals surface area contributed by atoms with E-state index in [2.05, 4.69) is 39.7 Å². The molecule has 0 aliphatic rings. The Morgan fingerprint density at radius 3 is 2.33 bits per heavy atom. The lowest BCUT2D eigenvalue weighted by molar-refractivity contribution is 0.717. The Morgan fingerprint density at radius 2 is 1.83 bits per heavy atom. The van der Waals surface area contributed by atoms with E-state index in [0.29, 0.717) is 10.7 Å². The fraction of sp³-hybridized carbons (Fsp3) is 0.556. The highest BCUT2D eigenvalue weighted by Crippen LogP contribution is 2.23. The van der Waals surface area contributed by atoms with E-state index in [1.807, 2.05) is 6.92 Å². The van der Waals surface area contributed by atoms with Crippen LogP contribution in [-0.4, -0.2) is 14.8 Å². The average molecular weight is 229 g/mol. The Balaban J connectivity index is 2.94. The molecule has 0 aliphatic heterocycles. The van der Waals surface area contributed by atoms with Crippen LogP contribution in [0.4, 0.5) is 0 Å². The Labute approximate surface area is 81.6 Å². The van der Waals surface area contributed by atoms with Crippen molar-refractivity contribution < 1.29 is 0 Å². The van der Waals surface area contributed by atoms with Crippen molar-refractivity contribution >= 4 is 15.9 Å². The van der Waals surface area contributed by atoms with E-state index in [1.165, 1.54) is 0 Å². The molecule has 0 aromatic carbocycles. The molecule has 0 spiro atoms. The van der Waals surface area contributed by atoms with Crippen LogP contribution in [0.25, 0.3) is 0 Å². The zero-order valence-electron chi connectivity index (χ0n) is 7.58. The minimum absolute atomic E-state index is 0.415. The van der Waals surface area contributed by atoms with E-state index in [4.69, 9.17) is 0 Å². The first-order chi connectivity index (χ1) is 5.63. The molecule has 12 heavy (non-hydrogen) atoms. The summed E-state index contributed by atoms with van der Waals surface area (Å²) in [5, 5.41) is 0. The molecule has 2 atom stereocenters. The zero-order chi connectivity index (χ0) is 9.14. The van der Waals surface area contributed by atoms with Crippen LogP contribution in [-0.2, 0) is 0 Å². The normalized spacial score (nSPS) is 15.7. The largest absolute Gasteiger partial charge is 0.258 e. The van der Waals surface area contributed by atoms with Crippen molar-refractivity contribution in [3.05, 3.63) is 23.8 Å². The van der Waals surface area contributed by atoms with Gasteiger partial charge in [-0.15, -0.1) is 0 Å². The second kappa shape index (κ2) is 3.99. The van der Waals surface area contributed by atoms with Crippen LogP contribution in [0.3, 0.4) is 0 Å². The Bertz CT molecular complexity index is 260. The summed E-state index contributed by atoms with van der Waals surface area (Å²) >= 11 is 3.54. The standard InChI is InChI=1S/C9H13BrN2/c1-6(7(2)10)9-8(3)11-4-5-12-9/h4-7H,1-3H3. The van der Waals surface area contributed by atoms with Crippen LogP contribution in [0, 0.1) is 6.92 Å². The highest BCUT2D eigenvalue weighted by Gasteiger charge is 2.14. The third-order valence-electron chi connectivity index (χ3n) is 2.04. The summed E-state index contributed by atoms with van der Waals surface area (Å²) in [6.07, 6.45) is 3.47. The van der Waals surface area contributed by atoms with Crippen LogP contribution in [0.1, 0.15) is 31.2 Å². The van der Waals surface area contributed by atoms with Crippen LogP contribution in [0.15, 0.2) is 12.4 Å². The highest BCUT2D eigenvalue weighted by atomic mass is 79.9. The van der Waals surface area contributed by atoms with Crippen LogP contribution in [0.2, 0.25) is 0 Å². The van der Waals surface area contributed by atoms with Gasteiger partial charge in [-0.3, -0.25) is 9.97 Å². The minimum atomic E-state index is 0.415. The van der Waals surface area contributed by atoms with Gasteiger partial charge >= 0.3 is 0 Å². The van der Waals surface area contributed by atoms with E-state index in [9.17, 15) is 0 Å². The van der Waals surface area contributed by atoms with Crippen LogP contribution in [0.5, 0.6) is 0 Å². The summed E-state index contributed by atoms with van der Waals surface area (Å²) < 4.78 is 0. The Morgan fingerprint density at radius 1 is 1.25 bits per heavy atom. The maximum atomic E-state index is 4.31. The first-order valence-electron chi connectivity index (χ1n) is 4.04. The number of aromatic nitrogens is 2. The summed E-state index contributed by atoms with van der Waals surface area (Å²) in [5.41, 5.74) is 2.11. The van der Waals surface area contributed by atoms with Crippen molar-refractivity contribution in [2.45, 2.75) is 31.5 Å². The van der Waals surface area contributed by atoms with Gasteiger partial charge in [-0.1, -0.05) is 29.8 Å². The lowest BCUT2D eigenvalue weighted by Gasteiger charge is -2.14. The molecule has 1 heterocycles. The summed E-state index contributed by atoms with van der Waals surface area (Å²) in [7, 11) is 0. The fourth-order valence-corrected chi connectivity index (χ4v) is 1.33. The SMILES string of the molecule is Cc1nccnc1C(C)C(C)Br. The van der Waals surface area contributed by atoms with Gasteiger partial charge in [-0.2, -0.15) is 0 Å². The first-order valence-corrected chi connectivity index (χ1v) is 4.96. The predicted molar refractivity (Wildman–Crippen MR) is 53.6 cm³/mol. The molecule has 3 heteroatoms. The van der Waals surface area contributed by atoms with Gasteiger partial charge in [0.15, 0.2) is 0 Å². The molecule has 1 rings (SSSR count). The molecule has 66 valence electrons. The van der Waals surface area contributed by atoms with Gasteiger partial charge < -0.3 is 0 Å². The van der Waals surface area contributed by atoms with Crippen molar-refractivity contribution in [3.8, 4) is 0 Å². The van der Waals surface area contributed by atoms with Gasteiger partial charge in [-0.25, -0.2) is 0 Å². The minimum Gasteiger partial charge on any atom is -0.258 e. The van der Waals surface area contributed by atoms with Gasteiger partial charge in [-0.05, 0) is 6.92 Å². The first kappa shape index (κ1) is 9.65. The van der Waals surface area contributed by atoms with E-state index >= 15 is 0 Å².